The van der Waals surface area contributed by atoms with E-state index in [4.69, 9.17) is 16.3 Å². The van der Waals surface area contributed by atoms with Gasteiger partial charge in [0.2, 0.25) is 11.8 Å². The van der Waals surface area contributed by atoms with E-state index in [2.05, 4.69) is 5.43 Å². The van der Waals surface area contributed by atoms with Crippen LogP contribution >= 0.6 is 11.6 Å². The summed E-state index contributed by atoms with van der Waals surface area (Å²) >= 11 is 6.36. The maximum atomic E-state index is 15.2. The Morgan fingerprint density at radius 3 is 2.27 bits per heavy atom. The number of imide groups is 2. The minimum absolute atomic E-state index is 0.0993. The number of phenolic OH excluding ortho intramolecular Hbond substituents is 1. The number of methoxy groups -OCH3 is 1. The molecule has 1 saturated carbocycles. The molecule has 0 spiro atoms. The third-order valence-corrected chi connectivity index (χ3v) is 11.6. The van der Waals surface area contributed by atoms with Gasteiger partial charge >= 0.3 is 0 Å². The molecule has 264 valence electrons. The SMILES string of the molecule is CCc1ccc(N2C(=O)[C@H]3[C@H](CC=C4[C@H]3C[C@H]3C(=O)N(Nc5ccc(F)cc5)C(=O)[C@@]3(c3ccc(Cl)cc3)[C@H]4c3ccc(OC)c(O)c3)C2=O)cc1. The van der Waals surface area contributed by atoms with Gasteiger partial charge in [-0.25, -0.2) is 4.39 Å². The van der Waals surface area contributed by atoms with Crippen molar-refractivity contribution < 1.29 is 33.4 Å². The molecular formula is C41H35ClFN3O6. The smallest absolute Gasteiger partial charge is 0.260 e. The lowest BCUT2D eigenvalue weighted by Gasteiger charge is -2.50. The van der Waals surface area contributed by atoms with Gasteiger partial charge in [-0.1, -0.05) is 60.5 Å². The van der Waals surface area contributed by atoms with Crippen LogP contribution in [0.1, 0.15) is 42.4 Å². The van der Waals surface area contributed by atoms with E-state index in [0.717, 1.165) is 22.6 Å². The van der Waals surface area contributed by atoms with E-state index in [1.54, 1.807) is 48.5 Å². The second-order valence-corrected chi connectivity index (χ2v) is 14.3. The van der Waals surface area contributed by atoms with Crippen LogP contribution in [-0.2, 0) is 31.0 Å². The van der Waals surface area contributed by atoms with Crippen molar-refractivity contribution >= 4 is 46.6 Å². The number of nitrogens with zero attached hydrogens (tertiary/aromatic N) is 2. The molecule has 6 atom stereocenters. The predicted molar refractivity (Wildman–Crippen MR) is 192 cm³/mol. The summed E-state index contributed by atoms with van der Waals surface area (Å²) in [5, 5.41) is 12.5. The molecule has 4 aromatic carbocycles. The van der Waals surface area contributed by atoms with Crippen molar-refractivity contribution in [3.63, 3.8) is 0 Å². The van der Waals surface area contributed by atoms with Gasteiger partial charge in [0.25, 0.3) is 11.8 Å². The summed E-state index contributed by atoms with van der Waals surface area (Å²) in [6.07, 6.45) is 3.11. The van der Waals surface area contributed by atoms with Gasteiger partial charge in [-0.3, -0.25) is 29.5 Å². The van der Waals surface area contributed by atoms with Crippen LogP contribution in [0.15, 0.2) is 103 Å². The van der Waals surface area contributed by atoms with Gasteiger partial charge in [0.1, 0.15) is 5.82 Å². The zero-order valence-electron chi connectivity index (χ0n) is 28.4. The number of phenols is 1. The molecule has 0 bridgehead atoms. The number of carbonyl (C=O) groups is 4. The molecule has 9 nitrogen and oxygen atoms in total. The Morgan fingerprint density at radius 1 is 0.904 bits per heavy atom. The molecule has 11 heteroatoms. The molecule has 4 amide bonds. The van der Waals surface area contributed by atoms with Gasteiger partial charge < -0.3 is 9.84 Å². The lowest BCUT2D eigenvalue weighted by atomic mass is 9.49. The monoisotopic (exact) mass is 719 g/mol. The highest BCUT2D eigenvalue weighted by molar-refractivity contribution is 6.30. The van der Waals surface area contributed by atoms with E-state index in [1.165, 1.54) is 42.3 Å². The van der Waals surface area contributed by atoms with Crippen molar-refractivity contribution in [2.45, 2.75) is 37.5 Å². The number of rotatable bonds is 7. The Labute approximate surface area is 304 Å². The van der Waals surface area contributed by atoms with Gasteiger partial charge in [-0.2, -0.15) is 5.01 Å². The van der Waals surface area contributed by atoms with Crippen LogP contribution in [0.5, 0.6) is 11.5 Å². The average molecular weight is 720 g/mol. The van der Waals surface area contributed by atoms with Crippen molar-refractivity contribution in [2.75, 3.05) is 17.4 Å². The number of hydrazine groups is 1. The number of carbonyl (C=O) groups excluding carboxylic acids is 4. The first-order valence-electron chi connectivity index (χ1n) is 17.3. The van der Waals surface area contributed by atoms with E-state index in [1.807, 2.05) is 25.1 Å². The highest BCUT2D eigenvalue weighted by Gasteiger charge is 2.70. The molecule has 3 fully saturated rings. The molecule has 0 aromatic heterocycles. The second kappa shape index (κ2) is 12.6. The first kappa shape index (κ1) is 33.7. The van der Waals surface area contributed by atoms with Crippen LogP contribution in [0, 0.1) is 29.5 Å². The van der Waals surface area contributed by atoms with Crippen LogP contribution in [0.4, 0.5) is 15.8 Å². The zero-order chi connectivity index (χ0) is 36.5. The fourth-order valence-electron chi connectivity index (χ4n) is 9.05. The molecule has 2 N–H and O–H groups in total. The molecule has 0 unspecified atom stereocenters. The number of allylic oxidation sites excluding steroid dienone is 2. The molecule has 2 aliphatic carbocycles. The van der Waals surface area contributed by atoms with Crippen LogP contribution in [0.3, 0.4) is 0 Å². The van der Waals surface area contributed by atoms with E-state index >= 15 is 4.79 Å². The number of aryl methyl sites for hydroxylation is 1. The quantitative estimate of drug-likeness (QED) is 0.157. The number of nitrogens with one attached hydrogen (secondary N) is 1. The van der Waals surface area contributed by atoms with Crippen molar-refractivity contribution in [2.24, 2.45) is 23.7 Å². The number of aromatic hydroxyl groups is 1. The largest absolute Gasteiger partial charge is 0.504 e. The van der Waals surface area contributed by atoms with Crippen molar-refractivity contribution in [1.82, 2.24) is 5.01 Å². The second-order valence-electron chi connectivity index (χ2n) is 13.8. The highest BCUT2D eigenvalue weighted by Crippen LogP contribution is 2.64. The summed E-state index contributed by atoms with van der Waals surface area (Å²) in [5.74, 6) is -6.02. The van der Waals surface area contributed by atoms with Crippen LogP contribution < -0.4 is 15.1 Å². The third-order valence-electron chi connectivity index (χ3n) is 11.4. The Kier molecular flexibility index (Phi) is 8.17. The number of anilines is 2. The summed E-state index contributed by atoms with van der Waals surface area (Å²) < 4.78 is 19.2. The van der Waals surface area contributed by atoms with Gasteiger partial charge in [0, 0.05) is 10.9 Å². The van der Waals surface area contributed by atoms with E-state index < -0.39 is 52.6 Å². The zero-order valence-corrected chi connectivity index (χ0v) is 29.1. The third kappa shape index (κ3) is 4.95. The summed E-state index contributed by atoms with van der Waals surface area (Å²) in [6.45, 7) is 2.03. The van der Waals surface area contributed by atoms with Crippen molar-refractivity contribution in [1.29, 1.82) is 0 Å². The molecule has 0 radical (unpaired) electrons. The Balaban J connectivity index is 1.31. The molecule has 8 rings (SSSR count). The van der Waals surface area contributed by atoms with Crippen molar-refractivity contribution in [3.05, 3.63) is 130 Å². The minimum atomic E-state index is -1.56. The number of benzene rings is 4. The van der Waals surface area contributed by atoms with Gasteiger partial charge in [-0.05, 0) is 103 Å². The van der Waals surface area contributed by atoms with Crippen LogP contribution in [0.25, 0.3) is 0 Å². The lowest BCUT2D eigenvalue weighted by Crippen LogP contribution is -2.53. The number of amides is 4. The maximum absolute atomic E-state index is 15.2. The number of fused-ring (bicyclic) bond motifs is 4. The standard InChI is InChI=1S/C41H35ClFN3O6/c1-3-22-4-15-28(16-5-22)45-37(48)30-18-17-29-31(35(30)39(45)50)21-32-38(49)46(44-27-13-11-26(43)12-14-27)40(51)41(32,24-7-9-25(42)10-8-24)36(29)23-6-19-34(52-2)33(47)20-23/h4-17,19-20,30-32,35-36,44,47H,3,18,21H2,1-2H3/t30-,31+,32-,35-,36-,41+/m0/s1. The van der Waals surface area contributed by atoms with Gasteiger partial charge in [0.15, 0.2) is 11.5 Å². The summed E-state index contributed by atoms with van der Waals surface area (Å²) in [4.78, 5) is 59.8. The topological polar surface area (TPSA) is 116 Å². The first-order valence-corrected chi connectivity index (χ1v) is 17.7. The summed E-state index contributed by atoms with van der Waals surface area (Å²) in [5.41, 5.74) is 5.06. The lowest BCUT2D eigenvalue weighted by molar-refractivity contribution is -0.138. The summed E-state index contributed by atoms with van der Waals surface area (Å²) in [7, 11) is 1.43. The predicted octanol–water partition coefficient (Wildman–Crippen LogP) is 6.95. The molecule has 2 heterocycles. The Hall–Kier alpha value is -5.48. The normalized spacial score (nSPS) is 26.5. The van der Waals surface area contributed by atoms with E-state index in [9.17, 15) is 23.9 Å². The van der Waals surface area contributed by atoms with E-state index in [-0.39, 0.29) is 36.2 Å². The molecule has 4 aromatic rings. The highest BCUT2D eigenvalue weighted by atomic mass is 35.5. The number of hydrogen-bond donors (Lipinski definition) is 2. The number of ether oxygens (including phenoxy) is 1. The van der Waals surface area contributed by atoms with Crippen molar-refractivity contribution in [3.8, 4) is 11.5 Å². The first-order chi connectivity index (χ1) is 25.1. The van der Waals surface area contributed by atoms with Gasteiger partial charge in [0.05, 0.1) is 41.7 Å². The fraction of sp³-hybridized carbons (Fsp3) is 0.268. The van der Waals surface area contributed by atoms with E-state index in [0.29, 0.717) is 27.5 Å². The Morgan fingerprint density at radius 2 is 1.62 bits per heavy atom. The molecular weight excluding hydrogens is 685 g/mol. The molecule has 52 heavy (non-hydrogen) atoms. The average Bonchev–Trinajstić information content (AvgIpc) is 3.53. The number of hydrogen-bond acceptors (Lipinski definition) is 7. The Bertz CT molecular complexity index is 2150. The fourth-order valence-corrected chi connectivity index (χ4v) is 9.18. The minimum Gasteiger partial charge on any atom is -0.504 e. The maximum Gasteiger partial charge on any atom is 0.260 e. The molecule has 4 aliphatic rings. The van der Waals surface area contributed by atoms with Crippen LogP contribution in [-0.4, -0.2) is 40.9 Å². The number of halogens is 2. The molecule has 2 aliphatic heterocycles. The van der Waals surface area contributed by atoms with Gasteiger partial charge in [-0.15, -0.1) is 0 Å². The van der Waals surface area contributed by atoms with Crippen LogP contribution in [0.2, 0.25) is 5.02 Å². The molecule has 2 saturated heterocycles. The summed E-state index contributed by atoms with van der Waals surface area (Å²) in [6, 6.07) is 24.4.